The number of nitrogens with zero attached hydrogens (tertiary/aromatic N) is 3. The summed E-state index contributed by atoms with van der Waals surface area (Å²) in [6, 6.07) is 0.452. The Morgan fingerprint density at radius 3 is 2.39 bits per heavy atom. The van der Waals surface area contributed by atoms with Gasteiger partial charge in [-0.3, -0.25) is 4.79 Å². The maximum absolute atomic E-state index is 12.1. The number of guanidine groups is 1. The van der Waals surface area contributed by atoms with Crippen LogP contribution in [-0.2, 0) is 4.79 Å². The molecule has 0 aromatic rings. The van der Waals surface area contributed by atoms with Gasteiger partial charge in [-0.1, -0.05) is 13.8 Å². The van der Waals surface area contributed by atoms with Gasteiger partial charge in [0, 0.05) is 32.2 Å². The average Bonchev–Trinajstić information content (AvgIpc) is 3.02. The standard InChI is InChI=1S/C17H35N5O/c1-6-18-17(19-12-15(21(4)5)11-14(2)3)20-13-16(23)22-9-7-8-10-22/h14-15H,6-13H2,1-5H3,(H2,18,19,20). The molecule has 1 aliphatic heterocycles. The smallest absolute Gasteiger partial charge is 0.244 e. The van der Waals surface area contributed by atoms with Crippen molar-refractivity contribution in [1.82, 2.24) is 20.4 Å². The predicted octanol–water partition coefficient (Wildman–Crippen LogP) is 1.14. The van der Waals surface area contributed by atoms with Gasteiger partial charge in [0.2, 0.25) is 5.91 Å². The van der Waals surface area contributed by atoms with E-state index in [9.17, 15) is 4.79 Å². The van der Waals surface area contributed by atoms with Crippen LogP contribution in [0.1, 0.15) is 40.0 Å². The average molecular weight is 326 g/mol. The van der Waals surface area contributed by atoms with Crippen LogP contribution in [0.4, 0.5) is 0 Å². The number of hydrogen-bond donors (Lipinski definition) is 2. The number of hydrogen-bond acceptors (Lipinski definition) is 3. The molecule has 1 aliphatic rings. The molecule has 6 heteroatoms. The van der Waals surface area contributed by atoms with Crippen LogP contribution in [0.5, 0.6) is 0 Å². The van der Waals surface area contributed by atoms with Crippen molar-refractivity contribution in [2.75, 3.05) is 46.8 Å². The van der Waals surface area contributed by atoms with Crippen LogP contribution in [0.2, 0.25) is 0 Å². The molecule has 2 N–H and O–H groups in total. The van der Waals surface area contributed by atoms with E-state index in [0.29, 0.717) is 12.0 Å². The fourth-order valence-electron chi connectivity index (χ4n) is 2.79. The molecule has 0 aromatic carbocycles. The van der Waals surface area contributed by atoms with Crippen LogP contribution in [0.3, 0.4) is 0 Å². The molecule has 6 nitrogen and oxygen atoms in total. The molecule has 1 rings (SSSR count). The molecule has 23 heavy (non-hydrogen) atoms. The van der Waals surface area contributed by atoms with Crippen molar-refractivity contribution in [3.63, 3.8) is 0 Å². The molecule has 1 saturated heterocycles. The number of carbonyl (C=O) groups is 1. The summed E-state index contributed by atoms with van der Waals surface area (Å²) in [5.74, 6) is 1.52. The van der Waals surface area contributed by atoms with Gasteiger partial charge >= 0.3 is 0 Å². The number of amides is 1. The molecule has 0 bridgehead atoms. The van der Waals surface area contributed by atoms with Gasteiger partial charge in [-0.2, -0.15) is 0 Å². The number of likely N-dealkylation sites (N-methyl/N-ethyl adjacent to an activating group) is 1. The molecule has 1 heterocycles. The van der Waals surface area contributed by atoms with E-state index in [1.54, 1.807) is 0 Å². The minimum atomic E-state index is 0.131. The van der Waals surface area contributed by atoms with E-state index in [4.69, 9.17) is 0 Å². The first kappa shape index (κ1) is 19.7. The van der Waals surface area contributed by atoms with E-state index in [2.05, 4.69) is 48.5 Å². The van der Waals surface area contributed by atoms with Gasteiger partial charge in [-0.25, -0.2) is 4.99 Å². The predicted molar refractivity (Wildman–Crippen MR) is 96.7 cm³/mol. The van der Waals surface area contributed by atoms with E-state index in [-0.39, 0.29) is 12.5 Å². The normalized spacial score (nSPS) is 17.0. The minimum Gasteiger partial charge on any atom is -0.357 e. The van der Waals surface area contributed by atoms with Gasteiger partial charge < -0.3 is 20.4 Å². The monoisotopic (exact) mass is 325 g/mol. The first-order chi connectivity index (χ1) is 10.9. The van der Waals surface area contributed by atoms with E-state index in [1.807, 2.05) is 11.8 Å². The third kappa shape index (κ3) is 7.68. The van der Waals surface area contributed by atoms with Crippen molar-refractivity contribution in [1.29, 1.82) is 0 Å². The molecule has 0 aromatic heterocycles. The topological polar surface area (TPSA) is 60.0 Å². The number of carbonyl (C=O) groups excluding carboxylic acids is 1. The van der Waals surface area contributed by atoms with Crippen molar-refractivity contribution < 1.29 is 4.79 Å². The van der Waals surface area contributed by atoms with Crippen LogP contribution in [0.15, 0.2) is 4.99 Å². The summed E-state index contributed by atoms with van der Waals surface area (Å²) < 4.78 is 0. The molecule has 0 spiro atoms. The number of likely N-dealkylation sites (tertiary alicyclic amines) is 1. The van der Waals surface area contributed by atoms with Gasteiger partial charge in [0.1, 0.15) is 6.54 Å². The summed E-state index contributed by atoms with van der Waals surface area (Å²) in [5.41, 5.74) is 0. The Bertz CT molecular complexity index is 375. The van der Waals surface area contributed by atoms with E-state index in [1.165, 1.54) is 0 Å². The Balaban J connectivity index is 2.51. The molecule has 1 amide bonds. The number of nitrogens with one attached hydrogen (secondary N) is 2. The molecule has 0 radical (unpaired) electrons. The Morgan fingerprint density at radius 2 is 1.87 bits per heavy atom. The Labute approximate surface area is 141 Å². The highest BCUT2D eigenvalue weighted by Gasteiger charge is 2.18. The van der Waals surface area contributed by atoms with Crippen LogP contribution in [0.25, 0.3) is 0 Å². The first-order valence-electron chi connectivity index (χ1n) is 8.90. The quantitative estimate of drug-likeness (QED) is 0.519. The van der Waals surface area contributed by atoms with Gasteiger partial charge in [0.25, 0.3) is 0 Å². The Hall–Kier alpha value is -1.30. The second-order valence-electron chi connectivity index (χ2n) is 6.91. The summed E-state index contributed by atoms with van der Waals surface area (Å²) in [7, 11) is 4.21. The zero-order valence-electron chi connectivity index (χ0n) is 15.6. The summed E-state index contributed by atoms with van der Waals surface area (Å²) in [4.78, 5) is 20.7. The summed E-state index contributed by atoms with van der Waals surface area (Å²) in [6.45, 7) is 10.1. The van der Waals surface area contributed by atoms with Crippen molar-refractivity contribution >= 4 is 11.9 Å². The molecule has 134 valence electrons. The zero-order chi connectivity index (χ0) is 17.2. The van der Waals surface area contributed by atoms with Crippen molar-refractivity contribution in [2.45, 2.75) is 46.1 Å². The maximum Gasteiger partial charge on any atom is 0.244 e. The highest BCUT2D eigenvalue weighted by Crippen LogP contribution is 2.08. The minimum absolute atomic E-state index is 0.131. The molecule has 0 saturated carbocycles. The molecule has 1 atom stereocenters. The SMILES string of the molecule is CCNC(=NCC(=O)N1CCCC1)NCC(CC(C)C)N(C)C. The molecule has 0 aliphatic carbocycles. The summed E-state index contributed by atoms with van der Waals surface area (Å²) in [5, 5.41) is 6.61. The lowest BCUT2D eigenvalue weighted by Crippen LogP contribution is -2.46. The first-order valence-corrected chi connectivity index (χ1v) is 8.90. The van der Waals surface area contributed by atoms with E-state index < -0.39 is 0 Å². The summed E-state index contributed by atoms with van der Waals surface area (Å²) >= 11 is 0. The third-order valence-electron chi connectivity index (χ3n) is 4.15. The second-order valence-corrected chi connectivity index (χ2v) is 6.91. The maximum atomic E-state index is 12.1. The van der Waals surface area contributed by atoms with Gasteiger partial charge in [-0.15, -0.1) is 0 Å². The molecule has 1 fully saturated rings. The largest absolute Gasteiger partial charge is 0.357 e. The lowest BCUT2D eigenvalue weighted by Gasteiger charge is -2.27. The van der Waals surface area contributed by atoms with Crippen LogP contribution < -0.4 is 10.6 Å². The molecule has 1 unspecified atom stereocenters. The summed E-state index contributed by atoms with van der Waals surface area (Å²) in [6.07, 6.45) is 3.37. The lowest BCUT2D eigenvalue weighted by atomic mass is 10.0. The van der Waals surface area contributed by atoms with Crippen LogP contribution in [0, 0.1) is 5.92 Å². The van der Waals surface area contributed by atoms with Crippen LogP contribution >= 0.6 is 0 Å². The highest BCUT2D eigenvalue weighted by atomic mass is 16.2. The van der Waals surface area contributed by atoms with Gasteiger partial charge in [-0.05, 0) is 46.2 Å². The Morgan fingerprint density at radius 1 is 1.22 bits per heavy atom. The number of aliphatic imine (C=N–C) groups is 1. The molecular formula is C17H35N5O. The van der Waals surface area contributed by atoms with Crippen molar-refractivity contribution in [3.05, 3.63) is 0 Å². The zero-order valence-corrected chi connectivity index (χ0v) is 15.6. The van der Waals surface area contributed by atoms with Crippen molar-refractivity contribution in [2.24, 2.45) is 10.9 Å². The van der Waals surface area contributed by atoms with E-state index >= 15 is 0 Å². The second kappa shape index (κ2) is 10.5. The fourth-order valence-corrected chi connectivity index (χ4v) is 2.79. The van der Waals surface area contributed by atoms with Crippen molar-refractivity contribution in [3.8, 4) is 0 Å². The van der Waals surface area contributed by atoms with Gasteiger partial charge in [0.15, 0.2) is 5.96 Å². The van der Waals surface area contributed by atoms with Crippen LogP contribution in [-0.4, -0.2) is 74.5 Å². The third-order valence-corrected chi connectivity index (χ3v) is 4.15. The lowest BCUT2D eigenvalue weighted by molar-refractivity contribution is -0.128. The van der Waals surface area contributed by atoms with E-state index in [0.717, 1.165) is 51.4 Å². The molecular weight excluding hydrogens is 290 g/mol. The number of rotatable bonds is 8. The highest BCUT2D eigenvalue weighted by molar-refractivity contribution is 5.85. The fraction of sp³-hybridized carbons (Fsp3) is 0.882. The Kier molecular flexibility index (Phi) is 8.99. The van der Waals surface area contributed by atoms with Gasteiger partial charge in [0.05, 0.1) is 0 Å².